The molecule has 2 amide bonds. The molecule has 4 heterocycles. The van der Waals surface area contributed by atoms with Gasteiger partial charge in [0.2, 0.25) is 5.91 Å². The number of Topliss-reactive ketones (excluding diaryl/α,β-unsaturated/α-hetero) is 1. The summed E-state index contributed by atoms with van der Waals surface area (Å²) in [5.41, 5.74) is 0.395. The van der Waals surface area contributed by atoms with Gasteiger partial charge in [0.05, 0.1) is 22.7 Å². The number of carbonyl (C=O) groups is 3. The molecule has 3 aromatic rings. The number of ketones is 1. The van der Waals surface area contributed by atoms with Crippen LogP contribution >= 0.6 is 0 Å². The molecular weight excluding hydrogens is 406 g/mol. The number of aromatic nitrogens is 5. The average molecular weight is 427 g/mol. The summed E-state index contributed by atoms with van der Waals surface area (Å²) in [6.07, 6.45) is 4.04. The number of hydrogen-bond acceptors (Lipinski definition) is 8. The minimum absolute atomic E-state index is 0.0246. The van der Waals surface area contributed by atoms with Crippen LogP contribution in [0.4, 0.5) is 0 Å². The van der Waals surface area contributed by atoms with Crippen molar-refractivity contribution in [2.24, 2.45) is 0 Å². The topological polar surface area (TPSA) is 147 Å². The summed E-state index contributed by atoms with van der Waals surface area (Å²) in [6.45, 7) is 2.81. The third-order valence-corrected chi connectivity index (χ3v) is 5.12. The van der Waals surface area contributed by atoms with E-state index in [2.05, 4.69) is 20.1 Å². The van der Waals surface area contributed by atoms with Crippen LogP contribution in [0.5, 0.6) is 5.75 Å². The van der Waals surface area contributed by atoms with Crippen LogP contribution in [0.2, 0.25) is 0 Å². The van der Waals surface area contributed by atoms with Gasteiger partial charge in [0.1, 0.15) is 24.5 Å². The number of pyridine rings is 1. The maximum absolute atomic E-state index is 13.0. The lowest BCUT2D eigenvalue weighted by Crippen LogP contribution is -2.52. The zero-order valence-corrected chi connectivity index (χ0v) is 17.0. The standard InChI is InChI=1S/C19H21N7O5/c1-11-22-10-26(23-11)18-16-15(13(27)8-21-18)12(7-20-16)17(29)19(30)25-5-3-24(4-6-25)14(28)9-31-2/h7-8,10,20,27H,3-6,9H2,1-2H3. The SMILES string of the molecule is COCC(=O)N1CCN(C(=O)C(=O)c2c[nH]c3c(-n4cnc(C)n4)ncc(O)c23)CC1. The Balaban J connectivity index is 1.57. The summed E-state index contributed by atoms with van der Waals surface area (Å²) in [5, 5.41) is 14.7. The van der Waals surface area contributed by atoms with Gasteiger partial charge >= 0.3 is 0 Å². The smallest absolute Gasteiger partial charge is 0.295 e. The summed E-state index contributed by atoms with van der Waals surface area (Å²) < 4.78 is 6.26. The molecule has 1 saturated heterocycles. The first-order valence-corrected chi connectivity index (χ1v) is 9.58. The molecule has 0 bridgehead atoms. The van der Waals surface area contributed by atoms with Crippen LogP contribution < -0.4 is 0 Å². The highest BCUT2D eigenvalue weighted by Crippen LogP contribution is 2.31. The van der Waals surface area contributed by atoms with Gasteiger partial charge in [-0.15, -0.1) is 0 Å². The second kappa shape index (κ2) is 8.14. The van der Waals surface area contributed by atoms with E-state index in [1.165, 1.54) is 35.4 Å². The molecule has 0 atom stereocenters. The molecule has 162 valence electrons. The van der Waals surface area contributed by atoms with Crippen LogP contribution in [0.1, 0.15) is 16.2 Å². The number of ether oxygens (including phenoxy) is 1. The molecule has 4 rings (SSSR count). The third-order valence-electron chi connectivity index (χ3n) is 5.12. The van der Waals surface area contributed by atoms with Crippen molar-refractivity contribution >= 4 is 28.5 Å². The summed E-state index contributed by atoms with van der Waals surface area (Å²) in [5.74, 6) is -0.984. The van der Waals surface area contributed by atoms with Gasteiger partial charge in [0.25, 0.3) is 11.7 Å². The average Bonchev–Trinajstić information content (AvgIpc) is 3.40. The van der Waals surface area contributed by atoms with E-state index in [0.29, 0.717) is 30.2 Å². The van der Waals surface area contributed by atoms with E-state index in [-0.39, 0.29) is 42.3 Å². The van der Waals surface area contributed by atoms with Crippen molar-refractivity contribution in [3.63, 3.8) is 0 Å². The highest BCUT2D eigenvalue weighted by molar-refractivity contribution is 6.45. The molecule has 2 N–H and O–H groups in total. The Morgan fingerprint density at radius 3 is 2.52 bits per heavy atom. The van der Waals surface area contributed by atoms with Crippen LogP contribution in [0.15, 0.2) is 18.7 Å². The number of amides is 2. The van der Waals surface area contributed by atoms with Crippen molar-refractivity contribution in [2.75, 3.05) is 39.9 Å². The molecule has 0 aliphatic carbocycles. The van der Waals surface area contributed by atoms with Crippen molar-refractivity contribution in [1.29, 1.82) is 0 Å². The van der Waals surface area contributed by atoms with Crippen LogP contribution in [-0.2, 0) is 14.3 Å². The summed E-state index contributed by atoms with van der Waals surface area (Å²) in [7, 11) is 1.44. The van der Waals surface area contributed by atoms with Gasteiger partial charge in [-0.1, -0.05) is 0 Å². The number of aromatic hydroxyl groups is 1. The van der Waals surface area contributed by atoms with E-state index in [1.807, 2.05) is 0 Å². The number of carbonyl (C=O) groups excluding carboxylic acids is 3. The lowest BCUT2D eigenvalue weighted by Gasteiger charge is -2.34. The number of fused-ring (bicyclic) bond motifs is 1. The summed E-state index contributed by atoms with van der Waals surface area (Å²) in [6, 6.07) is 0. The zero-order chi connectivity index (χ0) is 22.1. The van der Waals surface area contributed by atoms with Gasteiger partial charge in [0, 0.05) is 39.5 Å². The molecule has 3 aromatic heterocycles. The molecule has 0 spiro atoms. The Kier molecular flexibility index (Phi) is 5.38. The molecule has 1 aliphatic rings. The van der Waals surface area contributed by atoms with Gasteiger partial charge in [-0.05, 0) is 6.92 Å². The van der Waals surface area contributed by atoms with E-state index < -0.39 is 11.7 Å². The van der Waals surface area contributed by atoms with E-state index >= 15 is 0 Å². The second-order valence-corrected chi connectivity index (χ2v) is 7.09. The van der Waals surface area contributed by atoms with Crippen LogP contribution in [0, 0.1) is 6.92 Å². The number of rotatable bonds is 5. The first-order chi connectivity index (χ1) is 14.9. The maximum atomic E-state index is 13.0. The van der Waals surface area contributed by atoms with Gasteiger partial charge < -0.3 is 24.6 Å². The first-order valence-electron chi connectivity index (χ1n) is 9.58. The molecule has 0 radical (unpaired) electrons. The van der Waals surface area contributed by atoms with Crippen molar-refractivity contribution in [1.82, 2.24) is 34.5 Å². The molecule has 0 unspecified atom stereocenters. The van der Waals surface area contributed by atoms with Gasteiger partial charge in [-0.25, -0.2) is 14.6 Å². The fraction of sp³-hybridized carbons (Fsp3) is 0.368. The normalized spacial score (nSPS) is 14.3. The monoisotopic (exact) mass is 427 g/mol. The number of methoxy groups -OCH3 is 1. The Morgan fingerprint density at radius 2 is 1.87 bits per heavy atom. The number of H-pyrrole nitrogens is 1. The number of nitrogens with zero attached hydrogens (tertiary/aromatic N) is 6. The van der Waals surface area contributed by atoms with E-state index in [0.717, 1.165) is 0 Å². The predicted octanol–water partition coefficient (Wildman–Crippen LogP) is -0.342. The molecule has 12 nitrogen and oxygen atoms in total. The molecule has 1 fully saturated rings. The highest BCUT2D eigenvalue weighted by Gasteiger charge is 2.31. The zero-order valence-electron chi connectivity index (χ0n) is 17.0. The van der Waals surface area contributed by atoms with Gasteiger partial charge in [-0.3, -0.25) is 14.4 Å². The Hall–Kier alpha value is -3.80. The number of hydrogen-bond donors (Lipinski definition) is 2. The Morgan fingerprint density at radius 1 is 1.16 bits per heavy atom. The van der Waals surface area contributed by atoms with Crippen LogP contribution in [0.3, 0.4) is 0 Å². The number of nitrogens with one attached hydrogen (secondary N) is 1. The van der Waals surface area contributed by atoms with E-state index in [9.17, 15) is 19.5 Å². The summed E-state index contributed by atoms with van der Waals surface area (Å²) >= 11 is 0. The van der Waals surface area contributed by atoms with Crippen LogP contribution in [0.25, 0.3) is 16.7 Å². The molecule has 31 heavy (non-hydrogen) atoms. The Labute approximate surface area is 176 Å². The number of aromatic amines is 1. The lowest BCUT2D eigenvalue weighted by molar-refractivity contribution is -0.140. The van der Waals surface area contributed by atoms with Crippen molar-refractivity contribution in [3.8, 4) is 11.6 Å². The number of aryl methyl sites for hydroxylation is 1. The quantitative estimate of drug-likeness (QED) is 0.415. The second-order valence-electron chi connectivity index (χ2n) is 7.09. The van der Waals surface area contributed by atoms with Gasteiger partial charge in [0.15, 0.2) is 5.82 Å². The summed E-state index contributed by atoms with van der Waals surface area (Å²) in [4.78, 5) is 51.8. The first kappa shape index (κ1) is 20.5. The lowest BCUT2D eigenvalue weighted by atomic mass is 10.1. The van der Waals surface area contributed by atoms with Crippen molar-refractivity contribution in [3.05, 3.63) is 30.1 Å². The maximum Gasteiger partial charge on any atom is 0.295 e. The van der Waals surface area contributed by atoms with Crippen LogP contribution in [-0.4, -0.2) is 97.1 Å². The van der Waals surface area contributed by atoms with E-state index in [1.54, 1.807) is 11.8 Å². The molecule has 12 heteroatoms. The molecule has 1 aliphatic heterocycles. The molecule has 0 saturated carbocycles. The fourth-order valence-electron chi connectivity index (χ4n) is 3.55. The van der Waals surface area contributed by atoms with E-state index in [4.69, 9.17) is 4.74 Å². The minimum atomic E-state index is -0.759. The highest BCUT2D eigenvalue weighted by atomic mass is 16.5. The number of piperazine rings is 1. The Bertz CT molecular complexity index is 1160. The predicted molar refractivity (Wildman–Crippen MR) is 107 cm³/mol. The van der Waals surface area contributed by atoms with Gasteiger partial charge in [-0.2, -0.15) is 5.10 Å². The third kappa shape index (κ3) is 3.72. The largest absolute Gasteiger partial charge is 0.506 e. The molecular formula is C19H21N7O5. The fourth-order valence-corrected chi connectivity index (χ4v) is 3.55. The molecule has 0 aromatic carbocycles. The minimum Gasteiger partial charge on any atom is -0.506 e. The van der Waals surface area contributed by atoms with Crippen molar-refractivity contribution < 1.29 is 24.2 Å². The van der Waals surface area contributed by atoms with Crippen molar-refractivity contribution in [2.45, 2.75) is 6.92 Å².